The van der Waals surface area contributed by atoms with Crippen LogP contribution in [0, 0.1) is 5.92 Å². The second-order valence-electron chi connectivity index (χ2n) is 3.91. The summed E-state index contributed by atoms with van der Waals surface area (Å²) in [5.74, 6) is 1.01. The summed E-state index contributed by atoms with van der Waals surface area (Å²) in [6.45, 7) is 0.332. The van der Waals surface area contributed by atoms with E-state index >= 15 is 0 Å². The number of hydrogen-bond acceptors (Lipinski definition) is 7. The summed E-state index contributed by atoms with van der Waals surface area (Å²) in [6, 6.07) is 0. The predicted molar refractivity (Wildman–Crippen MR) is 69.1 cm³/mol. The molecule has 1 aliphatic rings. The van der Waals surface area contributed by atoms with Crippen molar-refractivity contribution in [1.82, 2.24) is 10.2 Å². The zero-order chi connectivity index (χ0) is 11.6. The predicted octanol–water partition coefficient (Wildman–Crippen LogP) is 1.45. The molecule has 0 bridgehead atoms. The third kappa shape index (κ3) is 2.89. The van der Waals surface area contributed by atoms with Crippen LogP contribution in [0.15, 0.2) is 8.68 Å². The van der Waals surface area contributed by atoms with E-state index in [1.54, 1.807) is 34.9 Å². The van der Waals surface area contributed by atoms with Crippen LogP contribution in [-0.2, 0) is 0 Å². The van der Waals surface area contributed by atoms with Crippen molar-refractivity contribution in [2.45, 2.75) is 27.1 Å². The van der Waals surface area contributed by atoms with Crippen molar-refractivity contribution in [3.05, 3.63) is 0 Å². The molecule has 1 aliphatic carbocycles. The van der Waals surface area contributed by atoms with Gasteiger partial charge in [0.1, 0.15) is 0 Å². The van der Waals surface area contributed by atoms with Gasteiger partial charge in [-0.2, -0.15) is 0 Å². The topological polar surface area (TPSA) is 72.0 Å². The van der Waals surface area contributed by atoms with Crippen molar-refractivity contribution in [3.8, 4) is 0 Å². The third-order valence-electron chi connectivity index (χ3n) is 2.70. The Morgan fingerprint density at radius 1 is 1.50 bits per heavy atom. The highest BCUT2D eigenvalue weighted by molar-refractivity contribution is 8.03. The van der Waals surface area contributed by atoms with E-state index in [4.69, 9.17) is 5.73 Å². The molecule has 1 aromatic heterocycles. The van der Waals surface area contributed by atoms with E-state index in [1.165, 1.54) is 0 Å². The maximum absolute atomic E-state index is 10.3. The minimum absolute atomic E-state index is 0.332. The Morgan fingerprint density at radius 2 is 2.19 bits per heavy atom. The van der Waals surface area contributed by atoms with Gasteiger partial charge in [-0.25, -0.2) is 0 Å². The zero-order valence-electron chi connectivity index (χ0n) is 9.05. The fourth-order valence-corrected chi connectivity index (χ4v) is 4.13. The largest absolute Gasteiger partial charge is 0.387 e. The van der Waals surface area contributed by atoms with Gasteiger partial charge in [0.2, 0.25) is 0 Å². The van der Waals surface area contributed by atoms with Crippen LogP contribution in [0.3, 0.4) is 0 Å². The summed E-state index contributed by atoms with van der Waals surface area (Å²) < 4.78 is 1.88. The lowest BCUT2D eigenvalue weighted by Crippen LogP contribution is -2.42. The molecule has 7 heteroatoms. The number of rotatable bonds is 6. The first kappa shape index (κ1) is 12.6. The Kier molecular flexibility index (Phi) is 4.12. The molecule has 0 amide bonds. The standard InChI is InChI=1S/C9H15N3OS3/c1-14-7-11-12-8(16-7)15-5-9(13,4-10)6-2-3-6/h6,13H,2-5,10H2,1H3. The Labute approximate surface area is 107 Å². The van der Waals surface area contributed by atoms with Gasteiger partial charge in [-0.1, -0.05) is 34.9 Å². The summed E-state index contributed by atoms with van der Waals surface area (Å²) in [6.07, 6.45) is 4.18. The summed E-state index contributed by atoms with van der Waals surface area (Å²) >= 11 is 4.72. The fourth-order valence-electron chi connectivity index (χ4n) is 1.49. The molecule has 4 nitrogen and oxygen atoms in total. The van der Waals surface area contributed by atoms with Crippen LogP contribution in [0.1, 0.15) is 12.8 Å². The Morgan fingerprint density at radius 3 is 2.69 bits per heavy atom. The molecular weight excluding hydrogens is 262 g/mol. The van der Waals surface area contributed by atoms with Crippen LogP contribution in [0.2, 0.25) is 0 Å². The molecule has 1 unspecified atom stereocenters. The molecule has 1 fully saturated rings. The van der Waals surface area contributed by atoms with Gasteiger partial charge in [-0.05, 0) is 25.0 Å². The number of aromatic nitrogens is 2. The number of nitrogens with zero attached hydrogens (tertiary/aromatic N) is 2. The fraction of sp³-hybridized carbons (Fsp3) is 0.778. The van der Waals surface area contributed by atoms with E-state index in [-0.39, 0.29) is 0 Å². The minimum Gasteiger partial charge on any atom is -0.387 e. The first-order chi connectivity index (χ1) is 7.68. The highest BCUT2D eigenvalue weighted by Crippen LogP contribution is 2.42. The zero-order valence-corrected chi connectivity index (χ0v) is 11.5. The van der Waals surface area contributed by atoms with Gasteiger partial charge < -0.3 is 10.8 Å². The van der Waals surface area contributed by atoms with E-state index in [9.17, 15) is 5.11 Å². The van der Waals surface area contributed by atoms with Crippen LogP contribution in [0.4, 0.5) is 0 Å². The molecule has 0 spiro atoms. The highest BCUT2D eigenvalue weighted by atomic mass is 32.2. The molecule has 0 aliphatic heterocycles. The van der Waals surface area contributed by atoms with Gasteiger partial charge in [-0.3, -0.25) is 0 Å². The van der Waals surface area contributed by atoms with Crippen LogP contribution >= 0.6 is 34.9 Å². The molecule has 3 N–H and O–H groups in total. The van der Waals surface area contributed by atoms with Gasteiger partial charge >= 0.3 is 0 Å². The van der Waals surface area contributed by atoms with E-state index in [1.807, 2.05) is 6.26 Å². The quantitative estimate of drug-likeness (QED) is 0.767. The van der Waals surface area contributed by atoms with Crippen LogP contribution in [0.5, 0.6) is 0 Å². The summed E-state index contributed by atoms with van der Waals surface area (Å²) in [4.78, 5) is 0. The van der Waals surface area contributed by atoms with Gasteiger partial charge in [0.25, 0.3) is 0 Å². The van der Waals surface area contributed by atoms with E-state index < -0.39 is 5.60 Å². The SMILES string of the molecule is CSc1nnc(SCC(O)(CN)C2CC2)s1. The van der Waals surface area contributed by atoms with Crippen molar-refractivity contribution in [2.24, 2.45) is 11.7 Å². The monoisotopic (exact) mass is 277 g/mol. The van der Waals surface area contributed by atoms with Crippen molar-refractivity contribution < 1.29 is 5.11 Å². The Hall–Kier alpha value is 0.180. The second kappa shape index (κ2) is 5.22. The molecule has 1 heterocycles. The van der Waals surface area contributed by atoms with Crippen LogP contribution in [-0.4, -0.2) is 39.5 Å². The normalized spacial score (nSPS) is 19.7. The molecule has 0 radical (unpaired) electrons. The molecule has 1 atom stereocenters. The van der Waals surface area contributed by atoms with Gasteiger partial charge in [-0.15, -0.1) is 10.2 Å². The lowest BCUT2D eigenvalue weighted by atomic mass is 10.0. The lowest BCUT2D eigenvalue weighted by Gasteiger charge is -2.25. The smallest absolute Gasteiger partial charge is 0.175 e. The summed E-state index contributed by atoms with van der Waals surface area (Å²) in [5, 5.41) is 18.4. The summed E-state index contributed by atoms with van der Waals surface area (Å²) in [5.41, 5.74) is 4.93. The lowest BCUT2D eigenvalue weighted by molar-refractivity contribution is 0.0510. The second-order valence-corrected chi connectivity index (χ2v) is 7.16. The maximum atomic E-state index is 10.3. The molecular formula is C9H15N3OS3. The first-order valence-corrected chi connectivity index (χ1v) is 8.13. The van der Waals surface area contributed by atoms with Gasteiger partial charge in [0.05, 0.1) is 5.60 Å². The van der Waals surface area contributed by atoms with E-state index in [0.717, 1.165) is 21.5 Å². The molecule has 2 rings (SSSR count). The number of nitrogens with two attached hydrogens (primary N) is 1. The van der Waals surface area contributed by atoms with E-state index in [2.05, 4.69) is 10.2 Å². The number of hydrogen-bond donors (Lipinski definition) is 2. The molecule has 0 saturated heterocycles. The Bertz CT molecular complexity index is 356. The average Bonchev–Trinajstić information content (AvgIpc) is 3.06. The van der Waals surface area contributed by atoms with Gasteiger partial charge in [0, 0.05) is 12.3 Å². The maximum Gasteiger partial charge on any atom is 0.175 e. The Balaban J connectivity index is 1.90. The van der Waals surface area contributed by atoms with Crippen LogP contribution < -0.4 is 5.73 Å². The molecule has 1 aromatic rings. The highest BCUT2D eigenvalue weighted by Gasteiger charge is 2.42. The molecule has 1 saturated carbocycles. The third-order valence-corrected chi connectivity index (χ3v) is 5.97. The molecule has 90 valence electrons. The number of aliphatic hydroxyl groups is 1. The molecule has 0 aromatic carbocycles. The van der Waals surface area contributed by atoms with Crippen molar-refractivity contribution in [1.29, 1.82) is 0 Å². The van der Waals surface area contributed by atoms with Crippen LogP contribution in [0.25, 0.3) is 0 Å². The van der Waals surface area contributed by atoms with Crippen molar-refractivity contribution in [3.63, 3.8) is 0 Å². The van der Waals surface area contributed by atoms with Crippen molar-refractivity contribution in [2.75, 3.05) is 18.6 Å². The molecule has 16 heavy (non-hydrogen) atoms. The van der Waals surface area contributed by atoms with Crippen molar-refractivity contribution >= 4 is 34.9 Å². The first-order valence-electron chi connectivity index (χ1n) is 5.10. The summed E-state index contributed by atoms with van der Waals surface area (Å²) in [7, 11) is 0. The average molecular weight is 277 g/mol. The number of thioether (sulfide) groups is 2. The minimum atomic E-state index is -0.712. The van der Waals surface area contributed by atoms with E-state index in [0.29, 0.717) is 18.2 Å². The van der Waals surface area contributed by atoms with Gasteiger partial charge in [0.15, 0.2) is 8.68 Å².